The van der Waals surface area contributed by atoms with Gasteiger partial charge in [-0.05, 0) is 31.5 Å². The summed E-state index contributed by atoms with van der Waals surface area (Å²) in [5.41, 5.74) is 0.414. The third-order valence-electron chi connectivity index (χ3n) is 3.06. The first kappa shape index (κ1) is 17.1. The molecule has 108 valence electrons. The van der Waals surface area contributed by atoms with E-state index in [1.165, 1.54) is 5.56 Å². The zero-order valence-corrected chi connectivity index (χ0v) is 14.7. The minimum absolute atomic E-state index is 0.163. The average Bonchev–Trinajstić information content (AvgIpc) is 2.34. The highest BCUT2D eigenvalue weighted by molar-refractivity contribution is 9.11. The maximum absolute atomic E-state index is 10.2. The van der Waals surface area contributed by atoms with Crippen LogP contribution >= 0.6 is 31.9 Å². The summed E-state index contributed by atoms with van der Waals surface area (Å²) in [6.07, 6.45) is 0.616. The Morgan fingerprint density at radius 3 is 2.68 bits per heavy atom. The molecular formula is C14H21Br2NO2. The van der Waals surface area contributed by atoms with Gasteiger partial charge >= 0.3 is 0 Å². The van der Waals surface area contributed by atoms with E-state index in [0.717, 1.165) is 8.95 Å². The molecule has 0 spiro atoms. The van der Waals surface area contributed by atoms with Gasteiger partial charge in [0.15, 0.2) is 0 Å². The van der Waals surface area contributed by atoms with Crippen LogP contribution in [-0.2, 0) is 4.74 Å². The van der Waals surface area contributed by atoms with Crippen molar-refractivity contribution in [3.8, 4) is 0 Å². The van der Waals surface area contributed by atoms with Crippen molar-refractivity contribution in [1.29, 1.82) is 0 Å². The van der Waals surface area contributed by atoms with Crippen molar-refractivity contribution in [1.82, 2.24) is 5.32 Å². The van der Waals surface area contributed by atoms with E-state index in [1.54, 1.807) is 7.11 Å². The fourth-order valence-electron chi connectivity index (χ4n) is 1.75. The van der Waals surface area contributed by atoms with Gasteiger partial charge in [0.05, 0.1) is 5.60 Å². The molecule has 3 nitrogen and oxygen atoms in total. The van der Waals surface area contributed by atoms with E-state index >= 15 is 0 Å². The highest BCUT2D eigenvalue weighted by Gasteiger charge is 2.21. The molecule has 0 aliphatic heterocycles. The molecule has 19 heavy (non-hydrogen) atoms. The van der Waals surface area contributed by atoms with Gasteiger partial charge < -0.3 is 15.2 Å². The molecule has 0 radical (unpaired) electrons. The normalized spacial score (nSPS) is 16.1. The van der Waals surface area contributed by atoms with Crippen LogP contribution in [0.25, 0.3) is 0 Å². The lowest BCUT2D eigenvalue weighted by Crippen LogP contribution is -2.39. The van der Waals surface area contributed by atoms with E-state index in [2.05, 4.69) is 50.2 Å². The van der Waals surface area contributed by atoms with Crippen LogP contribution in [0.4, 0.5) is 0 Å². The minimum Gasteiger partial charge on any atom is -0.389 e. The second-order valence-corrected chi connectivity index (χ2v) is 6.78. The van der Waals surface area contributed by atoms with Crippen LogP contribution in [0.3, 0.4) is 0 Å². The number of nitrogens with one attached hydrogen (secondary N) is 1. The molecule has 0 aliphatic rings. The van der Waals surface area contributed by atoms with Crippen molar-refractivity contribution in [3.63, 3.8) is 0 Å². The maximum Gasteiger partial charge on any atom is 0.0765 e. The Bertz CT molecular complexity index is 410. The molecule has 2 atom stereocenters. The van der Waals surface area contributed by atoms with Crippen LogP contribution in [0.15, 0.2) is 27.1 Å². The quantitative estimate of drug-likeness (QED) is 0.741. The van der Waals surface area contributed by atoms with E-state index in [4.69, 9.17) is 4.74 Å². The number of halogens is 2. The van der Waals surface area contributed by atoms with Crippen LogP contribution in [0, 0.1) is 0 Å². The van der Waals surface area contributed by atoms with Crippen molar-refractivity contribution in [3.05, 3.63) is 32.7 Å². The van der Waals surface area contributed by atoms with Gasteiger partial charge in [-0.3, -0.25) is 0 Å². The molecule has 0 saturated heterocycles. The highest BCUT2D eigenvalue weighted by atomic mass is 79.9. The lowest BCUT2D eigenvalue weighted by Gasteiger charge is -2.26. The van der Waals surface area contributed by atoms with E-state index in [9.17, 15) is 5.11 Å². The Kier molecular flexibility index (Phi) is 6.97. The Hall–Kier alpha value is 0.0600. The summed E-state index contributed by atoms with van der Waals surface area (Å²) >= 11 is 7.00. The van der Waals surface area contributed by atoms with Crippen molar-refractivity contribution >= 4 is 31.9 Å². The number of methoxy groups -OCH3 is 1. The molecule has 1 rings (SSSR count). The Labute approximate surface area is 132 Å². The van der Waals surface area contributed by atoms with Crippen LogP contribution in [0.1, 0.15) is 31.9 Å². The molecule has 0 amide bonds. The molecule has 0 saturated carbocycles. The van der Waals surface area contributed by atoms with Crippen LogP contribution < -0.4 is 5.32 Å². The van der Waals surface area contributed by atoms with Crippen LogP contribution in [-0.4, -0.2) is 31.0 Å². The summed E-state index contributed by atoms with van der Waals surface area (Å²) in [6, 6.07) is 6.27. The van der Waals surface area contributed by atoms with E-state index in [1.807, 2.05) is 19.1 Å². The van der Waals surface area contributed by atoms with Gasteiger partial charge in [-0.25, -0.2) is 0 Å². The number of rotatable bonds is 7. The molecule has 0 fully saturated rings. The van der Waals surface area contributed by atoms with E-state index < -0.39 is 5.60 Å². The largest absolute Gasteiger partial charge is 0.389 e. The summed E-state index contributed by atoms with van der Waals surface area (Å²) in [6.45, 7) is 4.99. The summed E-state index contributed by atoms with van der Waals surface area (Å²) in [5.74, 6) is 0. The van der Waals surface area contributed by atoms with Gasteiger partial charge in [0.2, 0.25) is 0 Å². The topological polar surface area (TPSA) is 41.5 Å². The average molecular weight is 395 g/mol. The number of ether oxygens (including phenoxy) is 1. The SMILES string of the molecule is COCCC(C)(O)CNC(C)c1ccc(Br)cc1Br. The summed E-state index contributed by atoms with van der Waals surface area (Å²) in [4.78, 5) is 0. The smallest absolute Gasteiger partial charge is 0.0765 e. The Balaban J connectivity index is 2.57. The molecule has 1 aromatic rings. The number of hydrogen-bond donors (Lipinski definition) is 2. The zero-order chi connectivity index (χ0) is 14.5. The molecule has 1 aromatic carbocycles. The van der Waals surface area contributed by atoms with Crippen LogP contribution in [0.2, 0.25) is 0 Å². The van der Waals surface area contributed by atoms with Crippen molar-refractivity contribution < 1.29 is 9.84 Å². The monoisotopic (exact) mass is 393 g/mol. The molecule has 0 heterocycles. The molecule has 5 heteroatoms. The number of hydrogen-bond acceptors (Lipinski definition) is 3. The van der Waals surface area contributed by atoms with E-state index in [-0.39, 0.29) is 6.04 Å². The lowest BCUT2D eigenvalue weighted by atomic mass is 10.0. The van der Waals surface area contributed by atoms with Gasteiger partial charge in [-0.15, -0.1) is 0 Å². The Morgan fingerprint density at radius 2 is 2.11 bits per heavy atom. The highest BCUT2D eigenvalue weighted by Crippen LogP contribution is 2.27. The molecule has 0 aromatic heterocycles. The molecule has 2 N–H and O–H groups in total. The van der Waals surface area contributed by atoms with Gasteiger partial charge in [0.1, 0.15) is 0 Å². The van der Waals surface area contributed by atoms with Gasteiger partial charge in [-0.1, -0.05) is 37.9 Å². The first-order valence-corrected chi connectivity index (χ1v) is 7.84. The van der Waals surface area contributed by atoms with Crippen molar-refractivity contribution in [2.75, 3.05) is 20.3 Å². The predicted molar refractivity (Wildman–Crippen MR) is 85.4 cm³/mol. The molecule has 2 unspecified atom stereocenters. The summed E-state index contributed by atoms with van der Waals surface area (Å²) < 4.78 is 7.10. The third kappa shape index (κ3) is 5.92. The first-order valence-electron chi connectivity index (χ1n) is 6.25. The predicted octanol–water partition coefficient (Wildman–Crippen LogP) is 3.65. The fraction of sp³-hybridized carbons (Fsp3) is 0.571. The zero-order valence-electron chi connectivity index (χ0n) is 11.5. The summed E-state index contributed by atoms with van der Waals surface area (Å²) in [7, 11) is 1.64. The molecule has 0 bridgehead atoms. The van der Waals surface area contributed by atoms with Crippen molar-refractivity contribution in [2.24, 2.45) is 0 Å². The van der Waals surface area contributed by atoms with Gasteiger partial charge in [-0.2, -0.15) is 0 Å². The second kappa shape index (κ2) is 7.74. The molecular weight excluding hydrogens is 374 g/mol. The minimum atomic E-state index is -0.758. The molecule has 0 aliphatic carbocycles. The standard InChI is InChI=1S/C14H21Br2NO2/c1-10(12-5-4-11(15)8-13(12)16)17-9-14(2,18)6-7-19-3/h4-5,8,10,17-18H,6-7,9H2,1-3H3. The van der Waals surface area contributed by atoms with Gasteiger partial charge in [0, 0.05) is 41.7 Å². The number of aliphatic hydroxyl groups is 1. The van der Waals surface area contributed by atoms with E-state index in [0.29, 0.717) is 19.6 Å². The lowest BCUT2D eigenvalue weighted by molar-refractivity contribution is 0.0231. The Morgan fingerprint density at radius 1 is 1.42 bits per heavy atom. The third-order valence-corrected chi connectivity index (χ3v) is 4.24. The summed E-state index contributed by atoms with van der Waals surface area (Å²) in [5, 5.41) is 13.6. The first-order chi connectivity index (χ1) is 8.85. The maximum atomic E-state index is 10.2. The fourth-order valence-corrected chi connectivity index (χ4v) is 3.14. The second-order valence-electron chi connectivity index (χ2n) is 5.01. The van der Waals surface area contributed by atoms with Crippen molar-refractivity contribution in [2.45, 2.75) is 31.9 Å². The van der Waals surface area contributed by atoms with Crippen LogP contribution in [0.5, 0.6) is 0 Å². The number of benzene rings is 1. The van der Waals surface area contributed by atoms with Gasteiger partial charge in [0.25, 0.3) is 0 Å².